The van der Waals surface area contributed by atoms with Crippen molar-refractivity contribution in [1.29, 1.82) is 0 Å². The van der Waals surface area contributed by atoms with Gasteiger partial charge in [-0.15, -0.1) is 0 Å². The van der Waals surface area contributed by atoms with Crippen LogP contribution in [0.5, 0.6) is 5.75 Å². The Bertz CT molecular complexity index is 904. The van der Waals surface area contributed by atoms with Crippen LogP contribution in [0.3, 0.4) is 0 Å². The molecule has 1 aromatic carbocycles. The molecule has 10 heteroatoms. The second-order valence-electron chi connectivity index (χ2n) is 10.1. The first-order valence-corrected chi connectivity index (χ1v) is 12.6. The number of ether oxygens (including phenoxy) is 3. The van der Waals surface area contributed by atoms with Crippen LogP contribution < -0.4 is 4.74 Å². The molecule has 1 atom stereocenters. The van der Waals surface area contributed by atoms with Crippen LogP contribution in [-0.2, 0) is 14.3 Å². The number of hydrogen-bond donors (Lipinski definition) is 2. The third-order valence-corrected chi connectivity index (χ3v) is 7.03. The van der Waals surface area contributed by atoms with Gasteiger partial charge in [-0.1, -0.05) is 6.07 Å². The zero-order valence-corrected chi connectivity index (χ0v) is 22.0. The summed E-state index contributed by atoms with van der Waals surface area (Å²) < 4.78 is 16.1. The summed E-state index contributed by atoms with van der Waals surface area (Å²) >= 11 is 0. The molecular formula is C26H41N3O7. The maximum Gasteiger partial charge on any atom is 0.409 e. The highest BCUT2D eigenvalue weighted by molar-refractivity contribution is 5.77. The van der Waals surface area contributed by atoms with Crippen LogP contribution in [0, 0.1) is 13.8 Å². The Labute approximate surface area is 213 Å². The average molecular weight is 508 g/mol. The smallest absolute Gasteiger partial charge is 0.409 e. The lowest BCUT2D eigenvalue weighted by atomic mass is 9.90. The SMILES string of the molecule is CCOC(=O)N1CCC(O)(CN2CCN(C(=O)COC)C[C@](O)(COc3ccc(C)c(C)c3)C2)CC1. The second-order valence-corrected chi connectivity index (χ2v) is 10.1. The average Bonchev–Trinajstić information content (AvgIpc) is 2.99. The maximum absolute atomic E-state index is 12.6. The number of likely N-dealkylation sites (tertiary alicyclic amines) is 1. The van der Waals surface area contributed by atoms with E-state index in [-0.39, 0.29) is 38.3 Å². The third-order valence-electron chi connectivity index (χ3n) is 7.03. The summed E-state index contributed by atoms with van der Waals surface area (Å²) in [7, 11) is 1.47. The van der Waals surface area contributed by atoms with E-state index in [1.54, 1.807) is 16.7 Å². The topological polar surface area (TPSA) is 112 Å². The number of β-amino-alcohol motifs (C(OH)–C–C–N with tert-alkyl or cyclic N) is 2. The first kappa shape index (κ1) is 28.2. The van der Waals surface area contributed by atoms with Crippen molar-refractivity contribution in [2.75, 3.05) is 72.7 Å². The van der Waals surface area contributed by atoms with E-state index in [0.717, 1.165) is 11.1 Å². The quantitative estimate of drug-likeness (QED) is 0.540. The van der Waals surface area contributed by atoms with Crippen LogP contribution in [-0.4, -0.2) is 121 Å². The van der Waals surface area contributed by atoms with E-state index >= 15 is 0 Å². The zero-order chi connectivity index (χ0) is 26.3. The molecule has 202 valence electrons. The summed E-state index contributed by atoms with van der Waals surface area (Å²) in [6, 6.07) is 5.77. The molecule has 2 aliphatic rings. The lowest BCUT2D eigenvalue weighted by Crippen LogP contribution is -2.56. The number of nitrogens with zero attached hydrogens (tertiary/aromatic N) is 3. The van der Waals surface area contributed by atoms with Crippen molar-refractivity contribution in [3.8, 4) is 5.75 Å². The van der Waals surface area contributed by atoms with Crippen molar-refractivity contribution in [1.82, 2.24) is 14.7 Å². The highest BCUT2D eigenvalue weighted by atomic mass is 16.6. The monoisotopic (exact) mass is 507 g/mol. The largest absolute Gasteiger partial charge is 0.490 e. The first-order chi connectivity index (χ1) is 17.1. The Kier molecular flexibility index (Phi) is 9.57. The summed E-state index contributed by atoms with van der Waals surface area (Å²) in [5, 5.41) is 22.9. The minimum Gasteiger partial charge on any atom is -0.490 e. The normalized spacial score (nSPS) is 22.7. The van der Waals surface area contributed by atoms with E-state index < -0.39 is 11.2 Å². The molecule has 2 fully saturated rings. The molecule has 2 amide bonds. The number of methoxy groups -OCH3 is 1. The molecule has 0 spiro atoms. The Morgan fingerprint density at radius 3 is 2.33 bits per heavy atom. The van der Waals surface area contributed by atoms with Crippen LogP contribution in [0.1, 0.15) is 30.9 Å². The Hall–Kier alpha value is -2.40. The predicted molar refractivity (Wildman–Crippen MR) is 134 cm³/mol. The van der Waals surface area contributed by atoms with Gasteiger partial charge in [0, 0.05) is 46.4 Å². The lowest BCUT2D eigenvalue weighted by Gasteiger charge is -2.41. The number of aryl methyl sites for hydroxylation is 2. The van der Waals surface area contributed by atoms with Crippen molar-refractivity contribution < 1.29 is 34.0 Å². The molecule has 0 bridgehead atoms. The molecule has 0 aromatic heterocycles. The number of rotatable bonds is 8. The van der Waals surface area contributed by atoms with Gasteiger partial charge in [-0.05, 0) is 56.9 Å². The van der Waals surface area contributed by atoms with Crippen molar-refractivity contribution in [2.24, 2.45) is 0 Å². The number of benzene rings is 1. The fraction of sp³-hybridized carbons (Fsp3) is 0.692. The molecule has 0 unspecified atom stereocenters. The van der Waals surface area contributed by atoms with E-state index in [1.807, 2.05) is 36.9 Å². The van der Waals surface area contributed by atoms with Crippen LogP contribution in [0.15, 0.2) is 18.2 Å². The van der Waals surface area contributed by atoms with E-state index in [0.29, 0.717) is 57.9 Å². The van der Waals surface area contributed by atoms with Crippen LogP contribution in [0.2, 0.25) is 0 Å². The highest BCUT2D eigenvalue weighted by Crippen LogP contribution is 2.26. The summed E-state index contributed by atoms with van der Waals surface area (Å²) in [6.07, 6.45) is 0.456. The molecule has 1 aromatic rings. The number of hydrogen-bond acceptors (Lipinski definition) is 8. The molecule has 2 saturated heterocycles. The molecule has 0 saturated carbocycles. The van der Waals surface area contributed by atoms with Gasteiger partial charge in [0.15, 0.2) is 0 Å². The number of amides is 2. The molecule has 3 rings (SSSR count). The fourth-order valence-corrected chi connectivity index (χ4v) is 4.81. The molecule has 2 aliphatic heterocycles. The molecule has 0 aliphatic carbocycles. The summed E-state index contributed by atoms with van der Waals surface area (Å²) in [4.78, 5) is 29.9. The molecule has 0 radical (unpaired) electrons. The van der Waals surface area contributed by atoms with Gasteiger partial charge in [-0.2, -0.15) is 0 Å². The zero-order valence-electron chi connectivity index (χ0n) is 22.0. The fourth-order valence-electron chi connectivity index (χ4n) is 4.81. The molecular weight excluding hydrogens is 466 g/mol. The number of carbonyl (C=O) groups excluding carboxylic acids is 2. The van der Waals surface area contributed by atoms with Gasteiger partial charge >= 0.3 is 6.09 Å². The number of aliphatic hydroxyl groups is 2. The van der Waals surface area contributed by atoms with Gasteiger partial charge in [-0.3, -0.25) is 9.69 Å². The van der Waals surface area contributed by atoms with Crippen molar-refractivity contribution in [2.45, 2.75) is 44.8 Å². The van der Waals surface area contributed by atoms with Crippen molar-refractivity contribution in [3.05, 3.63) is 29.3 Å². The Morgan fingerprint density at radius 1 is 0.972 bits per heavy atom. The van der Waals surface area contributed by atoms with E-state index in [4.69, 9.17) is 14.2 Å². The van der Waals surface area contributed by atoms with Crippen LogP contribution >= 0.6 is 0 Å². The van der Waals surface area contributed by atoms with Gasteiger partial charge in [0.25, 0.3) is 0 Å². The standard InChI is InChI=1S/C26H41N3O7/c1-5-35-24(31)28-10-8-25(32,9-11-28)16-27-12-13-29(23(30)15-34-4)18-26(33,17-27)19-36-22-7-6-20(2)21(3)14-22/h6-7,14,32-33H,5,8-13,15-19H2,1-4H3/t26-/m0/s1. The maximum atomic E-state index is 12.6. The van der Waals surface area contributed by atoms with Gasteiger partial charge in [0.1, 0.15) is 24.6 Å². The molecule has 2 heterocycles. The van der Waals surface area contributed by atoms with Gasteiger partial charge in [-0.25, -0.2) is 4.79 Å². The Morgan fingerprint density at radius 2 is 1.69 bits per heavy atom. The minimum absolute atomic E-state index is 0.00215. The van der Waals surface area contributed by atoms with E-state index in [2.05, 4.69) is 0 Å². The summed E-state index contributed by atoms with van der Waals surface area (Å²) in [5.74, 6) is 0.451. The second kappa shape index (κ2) is 12.2. The van der Waals surface area contributed by atoms with Crippen LogP contribution in [0.4, 0.5) is 4.79 Å². The van der Waals surface area contributed by atoms with Gasteiger partial charge in [0.05, 0.1) is 18.8 Å². The van der Waals surface area contributed by atoms with Gasteiger partial charge in [0.2, 0.25) is 5.91 Å². The molecule has 36 heavy (non-hydrogen) atoms. The minimum atomic E-state index is -1.35. The van der Waals surface area contributed by atoms with E-state index in [1.165, 1.54) is 7.11 Å². The van der Waals surface area contributed by atoms with Crippen LogP contribution in [0.25, 0.3) is 0 Å². The van der Waals surface area contributed by atoms with Gasteiger partial charge < -0.3 is 34.2 Å². The number of piperidine rings is 1. The predicted octanol–water partition coefficient (Wildman–Crippen LogP) is 1.19. The Balaban J connectivity index is 1.69. The molecule has 10 nitrogen and oxygen atoms in total. The summed E-state index contributed by atoms with van der Waals surface area (Å²) in [6.45, 7) is 8.40. The third kappa shape index (κ3) is 7.55. The van der Waals surface area contributed by atoms with E-state index in [9.17, 15) is 19.8 Å². The molecule has 2 N–H and O–H groups in total. The summed E-state index contributed by atoms with van der Waals surface area (Å²) in [5.41, 5.74) is -0.110. The van der Waals surface area contributed by atoms with Crippen molar-refractivity contribution >= 4 is 12.0 Å². The van der Waals surface area contributed by atoms with Crippen molar-refractivity contribution in [3.63, 3.8) is 0 Å². The first-order valence-electron chi connectivity index (χ1n) is 12.6. The highest BCUT2D eigenvalue weighted by Gasteiger charge is 2.41. The number of carbonyl (C=O) groups is 2. The lowest BCUT2D eigenvalue weighted by molar-refractivity contribution is -0.138.